The number of carbonyl (C=O) groups excluding carboxylic acids is 1. The van der Waals surface area contributed by atoms with Crippen molar-refractivity contribution >= 4 is 11.6 Å². The highest BCUT2D eigenvalue weighted by Gasteiger charge is 2.23. The third-order valence-electron chi connectivity index (χ3n) is 3.00. The molecular formula is C12H19N5O. The van der Waals surface area contributed by atoms with Crippen LogP contribution in [0.3, 0.4) is 0 Å². The van der Waals surface area contributed by atoms with E-state index in [0.29, 0.717) is 30.4 Å². The van der Waals surface area contributed by atoms with Gasteiger partial charge in [0.2, 0.25) is 0 Å². The monoisotopic (exact) mass is 249 g/mol. The van der Waals surface area contributed by atoms with Crippen molar-refractivity contribution in [3.63, 3.8) is 0 Å². The second-order valence-corrected chi connectivity index (χ2v) is 4.47. The summed E-state index contributed by atoms with van der Waals surface area (Å²) in [7, 11) is 1.91. The van der Waals surface area contributed by atoms with Crippen LogP contribution in [0.4, 0.5) is 5.69 Å². The molecular weight excluding hydrogens is 230 g/mol. The van der Waals surface area contributed by atoms with Gasteiger partial charge < -0.3 is 21.3 Å². The minimum absolute atomic E-state index is 0.00240. The SMILES string of the molecule is CNCC1CN(C(=O)c2cncc(N)c2)CCN1. The summed E-state index contributed by atoms with van der Waals surface area (Å²) < 4.78 is 0. The Morgan fingerprint density at radius 1 is 1.67 bits per heavy atom. The lowest BCUT2D eigenvalue weighted by Gasteiger charge is -2.33. The average Bonchev–Trinajstić information content (AvgIpc) is 2.39. The number of carbonyl (C=O) groups is 1. The largest absolute Gasteiger partial charge is 0.397 e. The van der Waals surface area contributed by atoms with Gasteiger partial charge >= 0.3 is 0 Å². The number of hydrogen-bond acceptors (Lipinski definition) is 5. The minimum Gasteiger partial charge on any atom is -0.397 e. The van der Waals surface area contributed by atoms with Gasteiger partial charge in [0.05, 0.1) is 11.3 Å². The summed E-state index contributed by atoms with van der Waals surface area (Å²) in [5.41, 5.74) is 6.72. The number of anilines is 1. The van der Waals surface area contributed by atoms with Gasteiger partial charge in [-0.2, -0.15) is 0 Å². The smallest absolute Gasteiger partial charge is 0.255 e. The van der Waals surface area contributed by atoms with E-state index in [4.69, 9.17) is 5.73 Å². The number of piperazine rings is 1. The van der Waals surface area contributed by atoms with Crippen LogP contribution in [-0.4, -0.2) is 55.1 Å². The van der Waals surface area contributed by atoms with Crippen LogP contribution in [0.15, 0.2) is 18.5 Å². The van der Waals surface area contributed by atoms with Gasteiger partial charge in [0.15, 0.2) is 0 Å². The van der Waals surface area contributed by atoms with Gasteiger partial charge in [0.25, 0.3) is 5.91 Å². The molecule has 1 aliphatic rings. The van der Waals surface area contributed by atoms with E-state index in [-0.39, 0.29) is 5.91 Å². The van der Waals surface area contributed by atoms with E-state index >= 15 is 0 Å². The molecule has 0 aliphatic carbocycles. The standard InChI is InChI=1S/C12H19N5O/c1-14-7-11-8-17(3-2-16-11)12(18)9-4-10(13)6-15-5-9/h4-6,11,14,16H,2-3,7-8,13H2,1H3. The fourth-order valence-corrected chi connectivity index (χ4v) is 2.15. The number of nitrogens with zero attached hydrogens (tertiary/aromatic N) is 2. The molecule has 1 atom stereocenters. The lowest BCUT2D eigenvalue weighted by molar-refractivity contribution is 0.0703. The van der Waals surface area contributed by atoms with E-state index in [9.17, 15) is 4.79 Å². The first-order chi connectivity index (χ1) is 8.70. The molecule has 1 aliphatic heterocycles. The topological polar surface area (TPSA) is 83.3 Å². The first-order valence-electron chi connectivity index (χ1n) is 6.08. The van der Waals surface area contributed by atoms with E-state index in [0.717, 1.165) is 13.1 Å². The van der Waals surface area contributed by atoms with E-state index in [1.54, 1.807) is 18.5 Å². The summed E-state index contributed by atoms with van der Waals surface area (Å²) >= 11 is 0. The molecule has 2 rings (SSSR count). The Morgan fingerprint density at radius 2 is 2.50 bits per heavy atom. The minimum atomic E-state index is -0.00240. The summed E-state index contributed by atoms with van der Waals surface area (Å²) in [6.07, 6.45) is 3.10. The van der Waals surface area contributed by atoms with E-state index in [1.807, 2.05) is 11.9 Å². The molecule has 1 aromatic heterocycles. The zero-order chi connectivity index (χ0) is 13.0. The lowest BCUT2D eigenvalue weighted by atomic mass is 10.1. The van der Waals surface area contributed by atoms with Crippen molar-refractivity contribution in [1.82, 2.24) is 20.5 Å². The zero-order valence-electron chi connectivity index (χ0n) is 10.5. The third kappa shape index (κ3) is 2.96. The van der Waals surface area contributed by atoms with E-state index in [2.05, 4.69) is 15.6 Å². The number of pyridine rings is 1. The maximum atomic E-state index is 12.3. The average molecular weight is 249 g/mol. The molecule has 4 N–H and O–H groups in total. The number of hydrogen-bond donors (Lipinski definition) is 3. The number of rotatable bonds is 3. The number of nitrogens with one attached hydrogen (secondary N) is 2. The predicted octanol–water partition coefficient (Wildman–Crippen LogP) is -0.703. The fraction of sp³-hybridized carbons (Fsp3) is 0.500. The van der Waals surface area contributed by atoms with Crippen LogP contribution in [0.5, 0.6) is 0 Å². The Labute approximate surface area is 107 Å². The molecule has 18 heavy (non-hydrogen) atoms. The third-order valence-corrected chi connectivity index (χ3v) is 3.00. The molecule has 1 fully saturated rings. The molecule has 98 valence electrons. The summed E-state index contributed by atoms with van der Waals surface area (Å²) in [5.74, 6) is -0.00240. The number of nitrogens with two attached hydrogens (primary N) is 1. The number of nitrogen functional groups attached to an aromatic ring is 1. The molecule has 0 spiro atoms. The van der Waals surface area contributed by atoms with Gasteiger partial charge in [-0.1, -0.05) is 0 Å². The van der Waals surface area contributed by atoms with Gasteiger partial charge in [-0.05, 0) is 13.1 Å². The Bertz CT molecular complexity index is 421. The molecule has 1 saturated heterocycles. The molecule has 1 unspecified atom stereocenters. The van der Waals surface area contributed by atoms with Gasteiger partial charge in [0.1, 0.15) is 0 Å². The number of likely N-dealkylation sites (N-methyl/N-ethyl adjacent to an activating group) is 1. The number of amides is 1. The Balaban J connectivity index is 2.04. The second-order valence-electron chi connectivity index (χ2n) is 4.47. The molecule has 0 aromatic carbocycles. The highest BCUT2D eigenvalue weighted by atomic mass is 16.2. The van der Waals surface area contributed by atoms with Crippen LogP contribution in [0.25, 0.3) is 0 Å². The summed E-state index contributed by atoms with van der Waals surface area (Å²) in [6, 6.07) is 1.96. The summed E-state index contributed by atoms with van der Waals surface area (Å²) in [6.45, 7) is 3.08. The molecule has 1 aromatic rings. The predicted molar refractivity (Wildman–Crippen MR) is 70.3 cm³/mol. The van der Waals surface area contributed by atoms with Gasteiger partial charge in [-0.3, -0.25) is 9.78 Å². The van der Waals surface area contributed by atoms with Crippen molar-refractivity contribution in [1.29, 1.82) is 0 Å². The maximum absolute atomic E-state index is 12.3. The second kappa shape index (κ2) is 5.79. The van der Waals surface area contributed by atoms with Crippen LogP contribution < -0.4 is 16.4 Å². The van der Waals surface area contributed by atoms with Gasteiger partial charge in [-0.25, -0.2) is 0 Å². The van der Waals surface area contributed by atoms with E-state index in [1.165, 1.54) is 0 Å². The molecule has 6 nitrogen and oxygen atoms in total. The molecule has 2 heterocycles. The van der Waals surface area contributed by atoms with Crippen molar-refractivity contribution in [2.45, 2.75) is 6.04 Å². The summed E-state index contributed by atoms with van der Waals surface area (Å²) in [4.78, 5) is 18.1. The van der Waals surface area contributed by atoms with Crippen molar-refractivity contribution < 1.29 is 4.79 Å². The molecule has 6 heteroatoms. The zero-order valence-corrected chi connectivity index (χ0v) is 10.5. The Morgan fingerprint density at radius 3 is 3.22 bits per heavy atom. The fourth-order valence-electron chi connectivity index (χ4n) is 2.15. The van der Waals surface area contributed by atoms with Crippen LogP contribution >= 0.6 is 0 Å². The first kappa shape index (κ1) is 12.8. The van der Waals surface area contributed by atoms with Crippen molar-refractivity contribution in [2.24, 2.45) is 0 Å². The molecule has 0 radical (unpaired) electrons. The van der Waals surface area contributed by atoms with Gasteiger partial charge in [0, 0.05) is 44.6 Å². The number of aromatic nitrogens is 1. The van der Waals surface area contributed by atoms with Crippen LogP contribution in [0, 0.1) is 0 Å². The first-order valence-corrected chi connectivity index (χ1v) is 6.08. The van der Waals surface area contributed by atoms with Crippen LogP contribution in [0.1, 0.15) is 10.4 Å². The van der Waals surface area contributed by atoms with Gasteiger partial charge in [-0.15, -0.1) is 0 Å². The van der Waals surface area contributed by atoms with Crippen LogP contribution in [-0.2, 0) is 0 Å². The summed E-state index contributed by atoms with van der Waals surface area (Å²) in [5, 5.41) is 6.48. The highest BCUT2D eigenvalue weighted by Crippen LogP contribution is 2.09. The molecule has 0 saturated carbocycles. The van der Waals surface area contributed by atoms with Crippen LogP contribution in [0.2, 0.25) is 0 Å². The molecule has 1 amide bonds. The van der Waals surface area contributed by atoms with E-state index < -0.39 is 0 Å². The van der Waals surface area contributed by atoms with Crippen molar-refractivity contribution in [2.75, 3.05) is 39.0 Å². The molecule has 0 bridgehead atoms. The normalized spacial score (nSPS) is 19.8. The quantitative estimate of drug-likeness (QED) is 0.659. The Kier molecular flexibility index (Phi) is 4.11. The van der Waals surface area contributed by atoms with Crippen molar-refractivity contribution in [3.05, 3.63) is 24.0 Å². The Hall–Kier alpha value is -1.66. The highest BCUT2D eigenvalue weighted by molar-refractivity contribution is 5.94. The van der Waals surface area contributed by atoms with Crippen molar-refractivity contribution in [3.8, 4) is 0 Å². The lowest BCUT2D eigenvalue weighted by Crippen LogP contribution is -2.55. The maximum Gasteiger partial charge on any atom is 0.255 e.